The van der Waals surface area contributed by atoms with E-state index in [1.165, 1.54) is 41.2 Å². The number of aromatic nitrogens is 3. The van der Waals surface area contributed by atoms with E-state index < -0.39 is 17.6 Å². The molecule has 4 rings (SSSR count). The number of hydrogen-bond donors (Lipinski definition) is 3. The van der Waals surface area contributed by atoms with Crippen LogP contribution >= 0.6 is 11.6 Å². The summed E-state index contributed by atoms with van der Waals surface area (Å²) in [6.07, 6.45) is 1.45. The molecule has 0 unspecified atom stereocenters. The molecule has 0 saturated heterocycles. The molecule has 8 nitrogen and oxygen atoms in total. The fourth-order valence-corrected chi connectivity index (χ4v) is 3.44. The highest BCUT2D eigenvalue weighted by Crippen LogP contribution is 2.27. The molecule has 0 aliphatic carbocycles. The van der Waals surface area contributed by atoms with Crippen LogP contribution in [0.4, 0.5) is 10.2 Å². The van der Waals surface area contributed by atoms with Crippen LogP contribution in [0.3, 0.4) is 0 Å². The van der Waals surface area contributed by atoms with Crippen molar-refractivity contribution >= 4 is 29.2 Å². The van der Waals surface area contributed by atoms with Crippen LogP contribution in [-0.2, 0) is 0 Å². The number of nitrogens with one attached hydrogen (secondary N) is 2. The third-order valence-electron chi connectivity index (χ3n) is 4.82. The van der Waals surface area contributed by atoms with Gasteiger partial charge >= 0.3 is 0 Å². The van der Waals surface area contributed by atoms with Crippen molar-refractivity contribution in [3.8, 4) is 16.9 Å². The van der Waals surface area contributed by atoms with Crippen LogP contribution in [0.1, 0.15) is 34.7 Å². The first-order valence-corrected chi connectivity index (χ1v) is 11.6. The van der Waals surface area contributed by atoms with Crippen molar-refractivity contribution in [2.75, 3.05) is 18.5 Å². The van der Waals surface area contributed by atoms with Crippen molar-refractivity contribution in [2.45, 2.75) is 13.8 Å². The number of amides is 2. The highest BCUT2D eigenvalue weighted by atomic mass is 35.5. The van der Waals surface area contributed by atoms with Gasteiger partial charge in [-0.2, -0.15) is 5.10 Å². The van der Waals surface area contributed by atoms with Crippen LogP contribution in [-0.4, -0.2) is 44.8 Å². The van der Waals surface area contributed by atoms with Crippen LogP contribution in [0.25, 0.3) is 16.9 Å². The third-order valence-corrected chi connectivity index (χ3v) is 5.15. The Morgan fingerprint density at radius 1 is 1.03 bits per heavy atom. The summed E-state index contributed by atoms with van der Waals surface area (Å²) in [5, 5.41) is 18.7. The van der Waals surface area contributed by atoms with E-state index in [-0.39, 0.29) is 40.9 Å². The lowest BCUT2D eigenvalue weighted by atomic mass is 10.1. The lowest BCUT2D eigenvalue weighted by molar-refractivity contribution is 0.0938. The van der Waals surface area contributed by atoms with Gasteiger partial charge in [-0.05, 0) is 36.4 Å². The van der Waals surface area contributed by atoms with Gasteiger partial charge in [0.25, 0.3) is 11.8 Å². The van der Waals surface area contributed by atoms with Gasteiger partial charge in [-0.15, -0.1) is 0 Å². The molecule has 0 bridgehead atoms. The van der Waals surface area contributed by atoms with Crippen LogP contribution in [0.5, 0.6) is 0 Å². The van der Waals surface area contributed by atoms with Crippen LogP contribution in [0.2, 0.25) is 5.02 Å². The number of aliphatic hydroxyl groups is 1. The summed E-state index contributed by atoms with van der Waals surface area (Å²) in [6, 6.07) is 17.6. The van der Waals surface area contributed by atoms with Gasteiger partial charge in [0, 0.05) is 24.4 Å². The lowest BCUT2D eigenvalue weighted by Gasteiger charge is -2.11. The summed E-state index contributed by atoms with van der Waals surface area (Å²) < 4.78 is 15.6. The fraction of sp³-hybridized carbons (Fsp3) is 0.154. The van der Waals surface area contributed by atoms with E-state index in [4.69, 9.17) is 16.7 Å². The van der Waals surface area contributed by atoms with E-state index in [1.54, 1.807) is 30.3 Å². The first-order valence-electron chi connectivity index (χ1n) is 11.2. The fourth-order valence-electron chi connectivity index (χ4n) is 3.24. The van der Waals surface area contributed by atoms with Crippen molar-refractivity contribution in [3.05, 3.63) is 95.0 Å². The molecule has 0 atom stereocenters. The van der Waals surface area contributed by atoms with Gasteiger partial charge in [-0.3, -0.25) is 14.6 Å². The molecule has 0 saturated carbocycles. The maximum Gasteiger partial charge on any atom is 0.271 e. The van der Waals surface area contributed by atoms with E-state index in [0.717, 1.165) is 0 Å². The zero-order chi connectivity index (χ0) is 26.1. The Kier molecular flexibility index (Phi) is 9.26. The van der Waals surface area contributed by atoms with E-state index in [9.17, 15) is 14.0 Å². The first kappa shape index (κ1) is 26.5. The molecule has 10 heteroatoms. The SMILES string of the molecule is CC.O=C(NCCO)c1cc(NC(=O)c2cc(-c3ncccc3F)ccc2Cl)n(-c2ccccc2)n1. The standard InChI is InChI=1S/C24H19ClFN5O3.C2H6/c25-18-9-8-15(22-19(26)7-4-10-27-22)13-17(18)23(33)29-21-14-20(24(34)28-11-12-32)30-31(21)16-5-2-1-3-6-16;1-2/h1-10,13-14,32H,11-12H2,(H,28,34)(H,29,33);1-2H3. The van der Waals surface area contributed by atoms with Crippen LogP contribution in [0, 0.1) is 5.82 Å². The molecule has 186 valence electrons. The minimum Gasteiger partial charge on any atom is -0.395 e. The van der Waals surface area contributed by atoms with Crippen molar-refractivity contribution in [1.29, 1.82) is 0 Å². The summed E-state index contributed by atoms with van der Waals surface area (Å²) >= 11 is 6.27. The number of halogens is 2. The number of nitrogens with zero attached hydrogens (tertiary/aromatic N) is 3. The zero-order valence-electron chi connectivity index (χ0n) is 19.7. The second-order valence-corrected chi connectivity index (χ2v) is 7.53. The van der Waals surface area contributed by atoms with E-state index >= 15 is 0 Å². The molecule has 4 aromatic rings. The Balaban J connectivity index is 0.00000176. The Morgan fingerprint density at radius 3 is 2.47 bits per heavy atom. The van der Waals surface area contributed by atoms with Gasteiger partial charge in [0.05, 0.1) is 22.9 Å². The average Bonchev–Trinajstić information content (AvgIpc) is 3.33. The predicted molar refractivity (Wildman–Crippen MR) is 137 cm³/mol. The zero-order valence-corrected chi connectivity index (χ0v) is 20.5. The summed E-state index contributed by atoms with van der Waals surface area (Å²) in [4.78, 5) is 29.6. The first-order chi connectivity index (χ1) is 17.5. The maximum absolute atomic E-state index is 14.2. The van der Waals surface area contributed by atoms with Crippen molar-refractivity contribution in [3.63, 3.8) is 0 Å². The number of pyridine rings is 1. The molecule has 2 heterocycles. The van der Waals surface area contributed by atoms with Gasteiger partial charge in [-0.1, -0.05) is 49.7 Å². The number of carbonyl (C=O) groups excluding carboxylic acids is 2. The normalized spacial score (nSPS) is 10.2. The van der Waals surface area contributed by atoms with Gasteiger partial charge in [0.15, 0.2) is 5.69 Å². The second kappa shape index (κ2) is 12.6. The summed E-state index contributed by atoms with van der Waals surface area (Å²) in [6.45, 7) is 3.84. The molecular weight excluding hydrogens is 485 g/mol. The van der Waals surface area contributed by atoms with Gasteiger partial charge < -0.3 is 15.7 Å². The van der Waals surface area contributed by atoms with Crippen LogP contribution in [0.15, 0.2) is 72.9 Å². The van der Waals surface area contributed by atoms with Gasteiger partial charge in [-0.25, -0.2) is 9.07 Å². The van der Waals surface area contributed by atoms with Crippen molar-refractivity contribution < 1.29 is 19.1 Å². The van der Waals surface area contributed by atoms with Crippen LogP contribution < -0.4 is 10.6 Å². The molecule has 0 aliphatic heterocycles. The number of benzene rings is 2. The monoisotopic (exact) mass is 509 g/mol. The number of rotatable bonds is 7. The minimum atomic E-state index is -0.581. The summed E-state index contributed by atoms with van der Waals surface area (Å²) in [5.74, 6) is -1.40. The number of carbonyl (C=O) groups is 2. The molecule has 0 aliphatic rings. The molecule has 3 N–H and O–H groups in total. The minimum absolute atomic E-state index is 0.0445. The number of hydrogen-bond acceptors (Lipinski definition) is 5. The number of anilines is 1. The molecule has 36 heavy (non-hydrogen) atoms. The van der Waals surface area contributed by atoms with E-state index in [0.29, 0.717) is 11.3 Å². The van der Waals surface area contributed by atoms with E-state index in [1.807, 2.05) is 19.9 Å². The predicted octanol–water partition coefficient (Wildman–Crippen LogP) is 4.73. The van der Waals surface area contributed by atoms with Gasteiger partial charge in [0.2, 0.25) is 0 Å². The third kappa shape index (κ3) is 6.12. The molecule has 0 fully saturated rings. The Morgan fingerprint density at radius 2 is 1.78 bits per heavy atom. The topological polar surface area (TPSA) is 109 Å². The molecule has 2 amide bonds. The number of para-hydroxylation sites is 1. The molecular formula is C26H25ClFN5O3. The molecule has 2 aromatic heterocycles. The van der Waals surface area contributed by atoms with Crippen molar-refractivity contribution in [1.82, 2.24) is 20.1 Å². The average molecular weight is 510 g/mol. The highest BCUT2D eigenvalue weighted by Gasteiger charge is 2.20. The Hall–Kier alpha value is -4.08. The highest BCUT2D eigenvalue weighted by molar-refractivity contribution is 6.34. The quantitative estimate of drug-likeness (QED) is 0.334. The summed E-state index contributed by atoms with van der Waals surface area (Å²) in [7, 11) is 0. The number of aliphatic hydroxyl groups excluding tert-OH is 1. The smallest absolute Gasteiger partial charge is 0.271 e. The Labute approximate surface area is 212 Å². The van der Waals surface area contributed by atoms with E-state index in [2.05, 4.69) is 20.7 Å². The second-order valence-electron chi connectivity index (χ2n) is 7.12. The van der Waals surface area contributed by atoms with Gasteiger partial charge in [0.1, 0.15) is 17.3 Å². The maximum atomic E-state index is 14.2. The lowest BCUT2D eigenvalue weighted by Crippen LogP contribution is -2.26. The molecule has 0 radical (unpaired) electrons. The summed E-state index contributed by atoms with van der Waals surface area (Å²) in [5.41, 5.74) is 1.22. The molecule has 0 spiro atoms. The van der Waals surface area contributed by atoms with Crippen molar-refractivity contribution in [2.24, 2.45) is 0 Å². The Bertz CT molecular complexity index is 1340. The molecule has 2 aromatic carbocycles. The largest absolute Gasteiger partial charge is 0.395 e.